The Balaban J connectivity index is 2.12. The number of rotatable bonds is 5. The van der Waals surface area contributed by atoms with E-state index in [1.165, 1.54) is 11.3 Å². The smallest absolute Gasteiger partial charge is 0.263 e. The predicted octanol–water partition coefficient (Wildman–Crippen LogP) is 4.74. The van der Waals surface area contributed by atoms with E-state index < -0.39 is 10.0 Å². The lowest BCUT2D eigenvalue weighted by Gasteiger charge is -2.11. The van der Waals surface area contributed by atoms with Gasteiger partial charge in [0.1, 0.15) is 4.90 Å². The van der Waals surface area contributed by atoms with Gasteiger partial charge >= 0.3 is 0 Å². The molecule has 5 nitrogen and oxygen atoms in total. The number of aryl methyl sites for hydroxylation is 4. The van der Waals surface area contributed by atoms with Gasteiger partial charge in [-0.2, -0.15) is 5.10 Å². The highest BCUT2D eigenvalue weighted by Crippen LogP contribution is 2.40. The number of hydrogen-bond donors (Lipinski definition) is 2. The molecule has 3 aromatic rings. The van der Waals surface area contributed by atoms with E-state index in [-0.39, 0.29) is 0 Å². The highest BCUT2D eigenvalue weighted by Gasteiger charge is 2.28. The first-order valence-electron chi connectivity index (χ1n) is 8.48. The maximum atomic E-state index is 13.2. The van der Waals surface area contributed by atoms with Crippen LogP contribution in [0.25, 0.3) is 11.3 Å². The van der Waals surface area contributed by atoms with Gasteiger partial charge in [0.2, 0.25) is 0 Å². The fourth-order valence-electron chi connectivity index (χ4n) is 3.05. The van der Waals surface area contributed by atoms with Crippen molar-refractivity contribution in [2.24, 2.45) is 0 Å². The maximum absolute atomic E-state index is 13.2. The molecule has 26 heavy (non-hydrogen) atoms. The summed E-state index contributed by atoms with van der Waals surface area (Å²) in [5.74, 6) is 0. The van der Waals surface area contributed by atoms with Crippen LogP contribution in [0.2, 0.25) is 0 Å². The zero-order valence-electron chi connectivity index (χ0n) is 15.6. The van der Waals surface area contributed by atoms with E-state index in [1.54, 1.807) is 6.07 Å². The first-order chi connectivity index (χ1) is 12.2. The van der Waals surface area contributed by atoms with Gasteiger partial charge in [-0.05, 0) is 57.4 Å². The SMILES string of the molecule is CCc1cccc(NS(=O)(=O)c2c(C)sc(C)c2-c2n[nH]c(C)c2C)c1. The molecule has 0 saturated carbocycles. The summed E-state index contributed by atoms with van der Waals surface area (Å²) >= 11 is 1.48. The lowest BCUT2D eigenvalue weighted by molar-refractivity contribution is 0.601. The van der Waals surface area contributed by atoms with Crippen molar-refractivity contribution >= 4 is 27.0 Å². The van der Waals surface area contributed by atoms with Crippen molar-refractivity contribution in [2.45, 2.75) is 45.9 Å². The van der Waals surface area contributed by atoms with E-state index in [2.05, 4.69) is 14.9 Å². The quantitative estimate of drug-likeness (QED) is 0.662. The molecule has 2 N–H and O–H groups in total. The Morgan fingerprint density at radius 3 is 2.50 bits per heavy atom. The number of aromatic nitrogens is 2. The Bertz CT molecular complexity index is 1060. The van der Waals surface area contributed by atoms with Crippen molar-refractivity contribution in [3.05, 3.63) is 50.8 Å². The van der Waals surface area contributed by atoms with Crippen LogP contribution in [0.4, 0.5) is 5.69 Å². The molecular weight excluding hydrogens is 366 g/mol. The molecule has 0 bridgehead atoms. The van der Waals surface area contributed by atoms with Gasteiger partial charge in [0.15, 0.2) is 0 Å². The third-order valence-electron chi connectivity index (χ3n) is 4.55. The van der Waals surface area contributed by atoms with Gasteiger partial charge in [-0.15, -0.1) is 11.3 Å². The third-order valence-corrected chi connectivity index (χ3v) is 7.25. The number of sulfonamides is 1. The highest BCUT2D eigenvalue weighted by atomic mass is 32.2. The molecule has 0 aliphatic carbocycles. The van der Waals surface area contributed by atoms with E-state index in [0.29, 0.717) is 21.8 Å². The van der Waals surface area contributed by atoms with Crippen LogP contribution >= 0.6 is 11.3 Å². The molecule has 0 saturated heterocycles. The standard InChI is InChI=1S/C19H23N3O2S2/c1-6-15-8-7-9-16(10-15)22-26(23,24)19-14(5)25-13(4)17(19)18-11(2)12(3)20-21-18/h7-10,22H,6H2,1-5H3,(H,20,21). The molecule has 2 heterocycles. The molecule has 138 valence electrons. The second-order valence-corrected chi connectivity index (χ2v) is 9.45. The zero-order chi connectivity index (χ0) is 19.1. The summed E-state index contributed by atoms with van der Waals surface area (Å²) in [5.41, 5.74) is 4.96. The van der Waals surface area contributed by atoms with Crippen LogP contribution in [-0.2, 0) is 16.4 Å². The zero-order valence-corrected chi connectivity index (χ0v) is 17.2. The minimum atomic E-state index is -3.73. The van der Waals surface area contributed by atoms with Gasteiger partial charge < -0.3 is 0 Å². The van der Waals surface area contributed by atoms with E-state index >= 15 is 0 Å². The van der Waals surface area contributed by atoms with Crippen LogP contribution in [0.1, 0.15) is 33.5 Å². The number of hydrogen-bond acceptors (Lipinski definition) is 4. The fraction of sp³-hybridized carbons (Fsp3) is 0.316. The average Bonchev–Trinajstić information content (AvgIpc) is 3.06. The van der Waals surface area contributed by atoms with Gasteiger partial charge in [0, 0.05) is 26.7 Å². The summed E-state index contributed by atoms with van der Waals surface area (Å²) in [5, 5.41) is 7.31. The summed E-state index contributed by atoms with van der Waals surface area (Å²) in [7, 11) is -3.73. The number of nitrogens with zero attached hydrogens (tertiary/aromatic N) is 1. The molecular formula is C19H23N3O2S2. The molecule has 0 aliphatic rings. The molecule has 0 radical (unpaired) electrons. The van der Waals surface area contributed by atoms with Gasteiger partial charge in [0.25, 0.3) is 10.0 Å². The van der Waals surface area contributed by atoms with Crippen LogP contribution in [0, 0.1) is 27.7 Å². The molecule has 0 atom stereocenters. The normalized spacial score (nSPS) is 11.7. The largest absolute Gasteiger partial charge is 0.282 e. The molecule has 0 spiro atoms. The van der Waals surface area contributed by atoms with Gasteiger partial charge in [-0.3, -0.25) is 9.82 Å². The first-order valence-corrected chi connectivity index (χ1v) is 10.8. The van der Waals surface area contributed by atoms with Crippen molar-refractivity contribution < 1.29 is 8.42 Å². The summed E-state index contributed by atoms with van der Waals surface area (Å²) in [4.78, 5) is 2.02. The van der Waals surface area contributed by atoms with Crippen LogP contribution in [0.3, 0.4) is 0 Å². The minimum absolute atomic E-state index is 0.316. The molecule has 0 aliphatic heterocycles. The van der Waals surface area contributed by atoms with Gasteiger partial charge in [0.05, 0.1) is 5.69 Å². The van der Waals surface area contributed by atoms with Crippen molar-refractivity contribution in [2.75, 3.05) is 4.72 Å². The van der Waals surface area contributed by atoms with E-state index in [0.717, 1.165) is 33.0 Å². The predicted molar refractivity (Wildman–Crippen MR) is 107 cm³/mol. The Kier molecular flexibility index (Phi) is 4.94. The van der Waals surface area contributed by atoms with Gasteiger partial charge in [-0.1, -0.05) is 19.1 Å². The molecule has 0 fully saturated rings. The number of nitrogens with one attached hydrogen (secondary N) is 2. The van der Waals surface area contributed by atoms with E-state index in [4.69, 9.17) is 0 Å². The summed E-state index contributed by atoms with van der Waals surface area (Å²) in [6.45, 7) is 9.71. The first kappa shape index (κ1) is 18.7. The number of thiophene rings is 1. The van der Waals surface area contributed by atoms with Crippen LogP contribution in [-0.4, -0.2) is 18.6 Å². The number of benzene rings is 1. The van der Waals surface area contributed by atoms with Gasteiger partial charge in [-0.25, -0.2) is 8.42 Å². The second-order valence-electron chi connectivity index (χ2n) is 6.40. The topological polar surface area (TPSA) is 74.8 Å². The van der Waals surface area contributed by atoms with Crippen LogP contribution in [0.5, 0.6) is 0 Å². The lowest BCUT2D eigenvalue weighted by atomic mass is 10.1. The van der Waals surface area contributed by atoms with Crippen molar-refractivity contribution in [3.63, 3.8) is 0 Å². The third kappa shape index (κ3) is 3.29. The fourth-order valence-corrected chi connectivity index (χ4v) is 5.96. The number of aromatic amines is 1. The Hall–Kier alpha value is -2.12. The molecule has 0 amide bonds. The highest BCUT2D eigenvalue weighted by molar-refractivity contribution is 7.93. The van der Waals surface area contributed by atoms with Crippen molar-refractivity contribution in [3.8, 4) is 11.3 Å². The van der Waals surface area contributed by atoms with Crippen LogP contribution < -0.4 is 4.72 Å². The van der Waals surface area contributed by atoms with Crippen molar-refractivity contribution in [1.82, 2.24) is 10.2 Å². The molecule has 1 aromatic carbocycles. The van der Waals surface area contributed by atoms with E-state index in [1.807, 2.05) is 52.8 Å². The molecule has 3 rings (SSSR count). The number of H-pyrrole nitrogens is 1. The minimum Gasteiger partial charge on any atom is -0.282 e. The lowest BCUT2D eigenvalue weighted by Crippen LogP contribution is -2.14. The molecule has 2 aromatic heterocycles. The van der Waals surface area contributed by atoms with E-state index in [9.17, 15) is 8.42 Å². The maximum Gasteiger partial charge on any atom is 0.263 e. The summed E-state index contributed by atoms with van der Waals surface area (Å²) in [6, 6.07) is 7.49. The van der Waals surface area contributed by atoms with Crippen LogP contribution in [0.15, 0.2) is 29.2 Å². The Labute approximate surface area is 158 Å². The number of anilines is 1. The molecule has 7 heteroatoms. The van der Waals surface area contributed by atoms with Crippen molar-refractivity contribution in [1.29, 1.82) is 0 Å². The monoisotopic (exact) mass is 389 g/mol. The average molecular weight is 390 g/mol. The summed E-state index contributed by atoms with van der Waals surface area (Å²) < 4.78 is 29.2. The Morgan fingerprint density at radius 2 is 1.88 bits per heavy atom. The summed E-state index contributed by atoms with van der Waals surface area (Å²) in [6.07, 6.45) is 0.850. The second kappa shape index (κ2) is 6.89. The Morgan fingerprint density at radius 1 is 1.15 bits per heavy atom. The molecule has 0 unspecified atom stereocenters.